The summed E-state index contributed by atoms with van der Waals surface area (Å²) in [5, 5.41) is 12.7. The van der Waals surface area contributed by atoms with Gasteiger partial charge in [-0.2, -0.15) is 0 Å². The van der Waals surface area contributed by atoms with Crippen molar-refractivity contribution in [2.24, 2.45) is 0 Å². The Kier molecular flexibility index (Phi) is 3.66. The van der Waals surface area contributed by atoms with E-state index in [1.165, 1.54) is 30.4 Å². The number of hydrogen-bond acceptors (Lipinski definition) is 2. The molecule has 0 aromatic carbocycles. The first-order chi connectivity index (χ1) is 7.70. The molecule has 0 amide bonds. The molecule has 0 radical (unpaired) electrons. The van der Waals surface area contributed by atoms with Crippen LogP contribution in [-0.2, 0) is 13.0 Å². The standard InChI is InChI=1S/C13H22N2O/c1-10(16)6-7-15-8-11-4-3-5-13(14-2)12(11)9-15/h8-10,13-14,16H,3-7H2,1-2H3. The number of fused-ring (bicyclic) bond motifs is 1. The van der Waals surface area contributed by atoms with Crippen LogP contribution in [0, 0.1) is 0 Å². The average Bonchev–Trinajstić information content (AvgIpc) is 2.68. The molecule has 3 nitrogen and oxygen atoms in total. The van der Waals surface area contributed by atoms with Crippen molar-refractivity contribution in [2.75, 3.05) is 7.05 Å². The van der Waals surface area contributed by atoms with Crippen molar-refractivity contribution < 1.29 is 5.11 Å². The molecule has 3 heteroatoms. The zero-order chi connectivity index (χ0) is 11.5. The monoisotopic (exact) mass is 222 g/mol. The van der Waals surface area contributed by atoms with Crippen molar-refractivity contribution in [3.8, 4) is 0 Å². The molecule has 0 saturated heterocycles. The molecule has 1 aliphatic carbocycles. The van der Waals surface area contributed by atoms with E-state index in [9.17, 15) is 5.11 Å². The highest BCUT2D eigenvalue weighted by atomic mass is 16.3. The molecule has 2 rings (SSSR count). The summed E-state index contributed by atoms with van der Waals surface area (Å²) in [6.45, 7) is 2.76. The van der Waals surface area contributed by atoms with Crippen LogP contribution in [0.15, 0.2) is 12.4 Å². The van der Waals surface area contributed by atoms with Crippen molar-refractivity contribution in [2.45, 2.75) is 51.3 Å². The van der Waals surface area contributed by atoms with Gasteiger partial charge in [0.2, 0.25) is 0 Å². The van der Waals surface area contributed by atoms with Crippen LogP contribution in [0.2, 0.25) is 0 Å². The minimum absolute atomic E-state index is 0.209. The summed E-state index contributed by atoms with van der Waals surface area (Å²) in [5.74, 6) is 0. The third-order valence-electron chi connectivity index (χ3n) is 3.47. The van der Waals surface area contributed by atoms with E-state index in [-0.39, 0.29) is 6.10 Å². The number of aliphatic hydroxyl groups is 1. The third-order valence-corrected chi connectivity index (χ3v) is 3.47. The van der Waals surface area contributed by atoms with E-state index < -0.39 is 0 Å². The van der Waals surface area contributed by atoms with Gasteiger partial charge in [-0.1, -0.05) is 0 Å². The molecule has 2 N–H and O–H groups in total. The van der Waals surface area contributed by atoms with E-state index in [4.69, 9.17) is 0 Å². The molecule has 90 valence electrons. The first-order valence-corrected chi connectivity index (χ1v) is 6.24. The van der Waals surface area contributed by atoms with Crippen molar-refractivity contribution in [3.63, 3.8) is 0 Å². The van der Waals surface area contributed by atoms with E-state index >= 15 is 0 Å². The molecule has 1 aliphatic rings. The minimum Gasteiger partial charge on any atom is -0.393 e. The molecule has 1 heterocycles. The van der Waals surface area contributed by atoms with Crippen LogP contribution >= 0.6 is 0 Å². The first kappa shape index (κ1) is 11.7. The van der Waals surface area contributed by atoms with Crippen molar-refractivity contribution >= 4 is 0 Å². The fourth-order valence-electron chi connectivity index (χ4n) is 2.51. The number of aliphatic hydroxyl groups excluding tert-OH is 1. The van der Waals surface area contributed by atoms with Gasteiger partial charge in [0.15, 0.2) is 0 Å². The van der Waals surface area contributed by atoms with Gasteiger partial charge in [0.1, 0.15) is 0 Å². The number of aromatic nitrogens is 1. The number of nitrogens with one attached hydrogen (secondary N) is 1. The van der Waals surface area contributed by atoms with Gasteiger partial charge < -0.3 is 15.0 Å². The van der Waals surface area contributed by atoms with E-state index in [0.717, 1.165) is 13.0 Å². The summed E-state index contributed by atoms with van der Waals surface area (Å²) in [6, 6.07) is 0.525. The first-order valence-electron chi connectivity index (χ1n) is 6.24. The van der Waals surface area contributed by atoms with Gasteiger partial charge in [0.25, 0.3) is 0 Å². The van der Waals surface area contributed by atoms with E-state index in [2.05, 4.69) is 22.3 Å². The van der Waals surface area contributed by atoms with Crippen LogP contribution in [0.3, 0.4) is 0 Å². The Hall–Kier alpha value is -0.800. The Morgan fingerprint density at radius 2 is 2.38 bits per heavy atom. The average molecular weight is 222 g/mol. The predicted octanol–water partition coefficient (Wildman–Crippen LogP) is 1.86. The maximum atomic E-state index is 9.29. The molecule has 2 unspecified atom stereocenters. The summed E-state index contributed by atoms with van der Waals surface area (Å²) in [5.41, 5.74) is 2.94. The second-order valence-electron chi connectivity index (χ2n) is 4.85. The lowest BCUT2D eigenvalue weighted by molar-refractivity contribution is 0.178. The van der Waals surface area contributed by atoms with Gasteiger partial charge >= 0.3 is 0 Å². The molecule has 2 atom stereocenters. The second kappa shape index (κ2) is 5.02. The van der Waals surface area contributed by atoms with Crippen LogP contribution in [-0.4, -0.2) is 22.8 Å². The van der Waals surface area contributed by atoms with Crippen LogP contribution in [0.5, 0.6) is 0 Å². The Bertz CT molecular complexity index is 344. The van der Waals surface area contributed by atoms with E-state index in [1.54, 1.807) is 0 Å². The lowest BCUT2D eigenvalue weighted by Gasteiger charge is -2.21. The second-order valence-corrected chi connectivity index (χ2v) is 4.85. The normalized spacial score (nSPS) is 21.8. The van der Waals surface area contributed by atoms with Gasteiger partial charge in [0, 0.05) is 25.0 Å². The molecule has 0 saturated carbocycles. The summed E-state index contributed by atoms with van der Waals surface area (Å²) in [4.78, 5) is 0. The smallest absolute Gasteiger partial charge is 0.0529 e. The van der Waals surface area contributed by atoms with Gasteiger partial charge in [0.05, 0.1) is 6.10 Å². The molecule has 1 aromatic rings. The molecular weight excluding hydrogens is 200 g/mol. The summed E-state index contributed by atoms with van der Waals surface area (Å²) in [6.07, 6.45) is 8.84. The molecule has 16 heavy (non-hydrogen) atoms. The SMILES string of the molecule is CNC1CCCc2cn(CCC(C)O)cc21. The highest BCUT2D eigenvalue weighted by Crippen LogP contribution is 2.30. The maximum absolute atomic E-state index is 9.29. The lowest BCUT2D eigenvalue weighted by Crippen LogP contribution is -2.20. The zero-order valence-corrected chi connectivity index (χ0v) is 10.2. The van der Waals surface area contributed by atoms with E-state index in [1.807, 2.05) is 14.0 Å². The van der Waals surface area contributed by atoms with Crippen LogP contribution in [0.25, 0.3) is 0 Å². The van der Waals surface area contributed by atoms with Gasteiger partial charge in [-0.15, -0.1) is 0 Å². The minimum atomic E-state index is -0.209. The number of nitrogens with zero attached hydrogens (tertiary/aromatic N) is 1. The highest BCUT2D eigenvalue weighted by molar-refractivity contribution is 5.30. The summed E-state index contributed by atoms with van der Waals surface area (Å²) >= 11 is 0. The van der Waals surface area contributed by atoms with Gasteiger partial charge in [-0.25, -0.2) is 0 Å². The largest absolute Gasteiger partial charge is 0.393 e. The van der Waals surface area contributed by atoms with Gasteiger partial charge in [-0.05, 0) is 50.8 Å². The summed E-state index contributed by atoms with van der Waals surface area (Å²) < 4.78 is 2.23. The lowest BCUT2D eigenvalue weighted by atomic mass is 9.91. The number of hydrogen-bond donors (Lipinski definition) is 2. The molecule has 0 fully saturated rings. The molecule has 1 aromatic heterocycles. The Labute approximate surface area is 97.5 Å². The number of aryl methyl sites for hydroxylation is 2. The fraction of sp³-hybridized carbons (Fsp3) is 0.692. The van der Waals surface area contributed by atoms with Crippen LogP contribution in [0.1, 0.15) is 43.4 Å². The zero-order valence-electron chi connectivity index (χ0n) is 10.2. The van der Waals surface area contributed by atoms with Crippen molar-refractivity contribution in [3.05, 3.63) is 23.5 Å². The Balaban J connectivity index is 2.09. The highest BCUT2D eigenvalue weighted by Gasteiger charge is 2.20. The summed E-state index contributed by atoms with van der Waals surface area (Å²) in [7, 11) is 2.03. The third kappa shape index (κ3) is 2.47. The quantitative estimate of drug-likeness (QED) is 0.816. The maximum Gasteiger partial charge on any atom is 0.0529 e. The van der Waals surface area contributed by atoms with Crippen molar-refractivity contribution in [1.29, 1.82) is 0 Å². The Morgan fingerprint density at radius 1 is 1.56 bits per heavy atom. The molecule has 0 aliphatic heterocycles. The molecule has 0 bridgehead atoms. The van der Waals surface area contributed by atoms with Crippen LogP contribution < -0.4 is 5.32 Å². The van der Waals surface area contributed by atoms with Crippen molar-refractivity contribution in [1.82, 2.24) is 9.88 Å². The fourth-order valence-corrected chi connectivity index (χ4v) is 2.51. The van der Waals surface area contributed by atoms with Gasteiger partial charge in [-0.3, -0.25) is 0 Å². The van der Waals surface area contributed by atoms with Crippen LogP contribution in [0.4, 0.5) is 0 Å². The predicted molar refractivity (Wildman–Crippen MR) is 65.5 cm³/mol. The Morgan fingerprint density at radius 3 is 3.06 bits per heavy atom. The topological polar surface area (TPSA) is 37.2 Å². The molecule has 0 spiro atoms. The number of rotatable bonds is 4. The van der Waals surface area contributed by atoms with E-state index in [0.29, 0.717) is 6.04 Å². The molecular formula is C13H22N2O.